The predicted molar refractivity (Wildman–Crippen MR) is 101 cm³/mol. The van der Waals surface area contributed by atoms with Gasteiger partial charge >= 0.3 is 5.69 Å². The molecule has 3 N–H and O–H groups in total. The van der Waals surface area contributed by atoms with E-state index < -0.39 is 17.2 Å². The average Bonchev–Trinajstić information content (AvgIpc) is 2.69. The van der Waals surface area contributed by atoms with Gasteiger partial charge in [0.05, 0.1) is 22.8 Å². The van der Waals surface area contributed by atoms with E-state index in [1.807, 2.05) is 6.07 Å². The first kappa shape index (κ1) is 17.0. The zero-order valence-corrected chi connectivity index (χ0v) is 14.5. The Morgan fingerprint density at radius 3 is 2.59 bits per heavy atom. The number of pyridine rings is 2. The Morgan fingerprint density at radius 2 is 1.85 bits per heavy atom. The molecule has 0 radical (unpaired) electrons. The van der Waals surface area contributed by atoms with Crippen molar-refractivity contribution in [3.8, 4) is 0 Å². The van der Waals surface area contributed by atoms with Gasteiger partial charge in [0.2, 0.25) is 0 Å². The summed E-state index contributed by atoms with van der Waals surface area (Å²) in [6.07, 6.45) is 6.50. The normalized spacial score (nSPS) is 14.3. The molecular weight excluding hydrogens is 348 g/mol. The topological polar surface area (TPSA) is 124 Å². The van der Waals surface area contributed by atoms with Crippen molar-refractivity contribution in [2.75, 3.05) is 23.3 Å². The van der Waals surface area contributed by atoms with E-state index in [0.717, 1.165) is 18.9 Å². The molecule has 138 valence electrons. The molecule has 1 aliphatic heterocycles. The van der Waals surface area contributed by atoms with Crippen molar-refractivity contribution in [3.63, 3.8) is 0 Å². The summed E-state index contributed by atoms with van der Waals surface area (Å²) < 4.78 is 0. The number of hydrogen-bond donors (Lipinski definition) is 3. The first-order valence-electron chi connectivity index (χ1n) is 8.75. The van der Waals surface area contributed by atoms with E-state index in [1.165, 1.54) is 31.5 Å². The molecule has 1 fully saturated rings. The van der Waals surface area contributed by atoms with Crippen molar-refractivity contribution >= 4 is 28.4 Å². The minimum absolute atomic E-state index is 0.132. The lowest BCUT2D eigenvalue weighted by molar-refractivity contribution is 0.102. The van der Waals surface area contributed by atoms with Gasteiger partial charge in [-0.2, -0.15) is 0 Å². The summed E-state index contributed by atoms with van der Waals surface area (Å²) >= 11 is 0. The second-order valence-electron chi connectivity index (χ2n) is 6.44. The molecule has 4 heterocycles. The fraction of sp³-hybridized carbons (Fsp3) is 0.278. The number of rotatable bonds is 3. The summed E-state index contributed by atoms with van der Waals surface area (Å²) in [7, 11) is 0. The Hall–Kier alpha value is -3.49. The van der Waals surface area contributed by atoms with Crippen molar-refractivity contribution in [1.29, 1.82) is 0 Å². The Morgan fingerprint density at radius 1 is 1.04 bits per heavy atom. The number of nitrogens with one attached hydrogen (secondary N) is 3. The van der Waals surface area contributed by atoms with Crippen LogP contribution in [0, 0.1) is 0 Å². The summed E-state index contributed by atoms with van der Waals surface area (Å²) in [6, 6.07) is 5.07. The number of aromatic amines is 2. The van der Waals surface area contributed by atoms with Crippen molar-refractivity contribution in [2.24, 2.45) is 0 Å². The average molecular weight is 366 g/mol. The van der Waals surface area contributed by atoms with Crippen LogP contribution in [0.4, 0.5) is 11.5 Å². The third-order valence-corrected chi connectivity index (χ3v) is 4.54. The van der Waals surface area contributed by atoms with Gasteiger partial charge in [0.1, 0.15) is 11.5 Å². The summed E-state index contributed by atoms with van der Waals surface area (Å²) in [5.74, 6) is 0.484. The molecule has 3 aromatic heterocycles. The third kappa shape index (κ3) is 3.57. The maximum Gasteiger partial charge on any atom is 0.327 e. The highest BCUT2D eigenvalue weighted by Crippen LogP contribution is 2.19. The number of anilines is 2. The molecule has 0 spiro atoms. The lowest BCUT2D eigenvalue weighted by atomic mass is 10.1. The van der Waals surface area contributed by atoms with E-state index in [2.05, 4.69) is 30.2 Å². The molecule has 0 saturated carbocycles. The fourth-order valence-electron chi connectivity index (χ4n) is 3.14. The second-order valence-corrected chi connectivity index (χ2v) is 6.44. The van der Waals surface area contributed by atoms with Gasteiger partial charge in [-0.3, -0.25) is 19.6 Å². The minimum Gasteiger partial charge on any atom is -0.357 e. The first-order chi connectivity index (χ1) is 13.1. The molecule has 9 nitrogen and oxygen atoms in total. The maximum atomic E-state index is 12.4. The number of fused-ring (bicyclic) bond motifs is 1. The third-order valence-electron chi connectivity index (χ3n) is 4.54. The summed E-state index contributed by atoms with van der Waals surface area (Å²) in [4.78, 5) is 50.7. The molecule has 1 saturated heterocycles. The number of H-pyrrole nitrogens is 2. The molecule has 4 rings (SSSR count). The van der Waals surface area contributed by atoms with Crippen LogP contribution in [-0.2, 0) is 0 Å². The standard InChI is InChI=1S/C18H18N6O3/c25-16(11-8-13-15(20-9-11)22-18(27)23-17(13)26)21-12-4-5-14(19-10-12)24-6-2-1-3-7-24/h4-5,8-10H,1-3,6-7H2,(H,21,25)(H2,20,22,23,26,27). The molecule has 27 heavy (non-hydrogen) atoms. The molecular formula is C18H18N6O3. The predicted octanol–water partition coefficient (Wildman–Crippen LogP) is 1.25. The molecule has 0 atom stereocenters. The van der Waals surface area contributed by atoms with Crippen molar-refractivity contribution in [1.82, 2.24) is 19.9 Å². The van der Waals surface area contributed by atoms with Crippen LogP contribution in [0.5, 0.6) is 0 Å². The number of nitrogens with zero attached hydrogens (tertiary/aromatic N) is 3. The monoisotopic (exact) mass is 366 g/mol. The number of carbonyl (C=O) groups is 1. The van der Waals surface area contributed by atoms with E-state index in [4.69, 9.17) is 0 Å². The summed E-state index contributed by atoms with van der Waals surface area (Å²) in [6.45, 7) is 2.00. The van der Waals surface area contributed by atoms with Gasteiger partial charge in [0.25, 0.3) is 11.5 Å². The summed E-state index contributed by atoms with van der Waals surface area (Å²) in [5, 5.41) is 2.88. The number of carbonyl (C=O) groups excluding carboxylic acids is 1. The van der Waals surface area contributed by atoms with E-state index in [0.29, 0.717) is 5.69 Å². The van der Waals surface area contributed by atoms with Crippen LogP contribution >= 0.6 is 0 Å². The van der Waals surface area contributed by atoms with Gasteiger partial charge in [0.15, 0.2) is 0 Å². The number of piperidine rings is 1. The van der Waals surface area contributed by atoms with E-state index in [9.17, 15) is 14.4 Å². The van der Waals surface area contributed by atoms with Gasteiger partial charge in [-0.05, 0) is 37.5 Å². The lowest BCUT2D eigenvalue weighted by Gasteiger charge is -2.27. The van der Waals surface area contributed by atoms with Crippen LogP contribution < -0.4 is 21.5 Å². The smallest absolute Gasteiger partial charge is 0.327 e. The maximum absolute atomic E-state index is 12.4. The molecule has 0 aromatic carbocycles. The molecule has 1 amide bonds. The highest BCUT2D eigenvalue weighted by atomic mass is 16.2. The molecule has 9 heteroatoms. The summed E-state index contributed by atoms with van der Waals surface area (Å²) in [5.41, 5.74) is -0.343. The second kappa shape index (κ2) is 7.02. The highest BCUT2D eigenvalue weighted by Gasteiger charge is 2.13. The molecule has 1 aliphatic rings. The van der Waals surface area contributed by atoms with Crippen LogP contribution in [0.3, 0.4) is 0 Å². The first-order valence-corrected chi connectivity index (χ1v) is 8.75. The zero-order chi connectivity index (χ0) is 18.8. The molecule has 0 bridgehead atoms. The van der Waals surface area contributed by atoms with E-state index >= 15 is 0 Å². The van der Waals surface area contributed by atoms with Gasteiger partial charge in [-0.15, -0.1) is 0 Å². The largest absolute Gasteiger partial charge is 0.357 e. The van der Waals surface area contributed by atoms with Crippen LogP contribution in [0.2, 0.25) is 0 Å². The quantitative estimate of drug-likeness (QED) is 0.641. The SMILES string of the molecule is O=C(Nc1ccc(N2CCCCC2)nc1)c1cnc2[nH]c(=O)[nH]c(=O)c2c1. The minimum atomic E-state index is -0.642. The Labute approximate surface area is 153 Å². The van der Waals surface area contributed by atoms with Crippen molar-refractivity contribution in [3.05, 3.63) is 57.0 Å². The Kier molecular flexibility index (Phi) is 4.41. The Bertz CT molecular complexity index is 1100. The zero-order valence-electron chi connectivity index (χ0n) is 14.5. The van der Waals surface area contributed by atoms with Gasteiger partial charge in [-0.25, -0.2) is 14.8 Å². The van der Waals surface area contributed by atoms with Gasteiger partial charge in [-0.1, -0.05) is 0 Å². The van der Waals surface area contributed by atoms with Crippen LogP contribution in [-0.4, -0.2) is 38.9 Å². The van der Waals surface area contributed by atoms with Crippen LogP contribution in [0.25, 0.3) is 11.0 Å². The van der Waals surface area contributed by atoms with Crippen LogP contribution in [0.15, 0.2) is 40.2 Å². The highest BCUT2D eigenvalue weighted by molar-refractivity contribution is 6.05. The van der Waals surface area contributed by atoms with Crippen molar-refractivity contribution in [2.45, 2.75) is 19.3 Å². The lowest BCUT2D eigenvalue weighted by Crippen LogP contribution is -2.30. The Balaban J connectivity index is 1.52. The van der Waals surface area contributed by atoms with Crippen molar-refractivity contribution < 1.29 is 4.79 Å². The van der Waals surface area contributed by atoms with E-state index in [-0.39, 0.29) is 16.6 Å². The fourth-order valence-corrected chi connectivity index (χ4v) is 3.14. The van der Waals surface area contributed by atoms with Gasteiger partial charge in [0, 0.05) is 19.3 Å². The molecule has 0 aliphatic carbocycles. The number of aromatic nitrogens is 4. The molecule has 0 unspecified atom stereocenters. The van der Waals surface area contributed by atoms with Crippen LogP contribution in [0.1, 0.15) is 29.6 Å². The number of amides is 1. The number of hydrogen-bond acceptors (Lipinski definition) is 6. The molecule has 3 aromatic rings. The van der Waals surface area contributed by atoms with Gasteiger partial charge < -0.3 is 10.2 Å². The van der Waals surface area contributed by atoms with E-state index in [1.54, 1.807) is 12.3 Å².